The lowest BCUT2D eigenvalue weighted by atomic mass is 10.0. The van der Waals surface area contributed by atoms with E-state index in [-0.39, 0.29) is 30.6 Å². The number of rotatable bonds is 3. The number of carbonyl (C=O) groups is 2. The summed E-state index contributed by atoms with van der Waals surface area (Å²) in [5.74, 6) is 0.966. The molecule has 0 spiro atoms. The minimum absolute atomic E-state index is 0.0222. The number of fused-ring (bicyclic) bond motifs is 1. The van der Waals surface area contributed by atoms with Crippen LogP contribution in [0.5, 0.6) is 0 Å². The Morgan fingerprint density at radius 3 is 2.60 bits per heavy atom. The first-order valence-electron chi connectivity index (χ1n) is 8.78. The molecule has 7 nitrogen and oxygen atoms in total. The van der Waals surface area contributed by atoms with Gasteiger partial charge in [-0.1, -0.05) is 0 Å². The molecule has 0 unspecified atom stereocenters. The fourth-order valence-corrected chi connectivity index (χ4v) is 4.76. The molecule has 4 heterocycles. The van der Waals surface area contributed by atoms with Gasteiger partial charge in [-0.25, -0.2) is 14.8 Å². The molecule has 130 valence electrons. The number of nitrogens with zero attached hydrogens (tertiary/aromatic N) is 5. The van der Waals surface area contributed by atoms with E-state index in [1.807, 2.05) is 11.4 Å². The van der Waals surface area contributed by atoms with Crippen molar-refractivity contribution in [2.75, 3.05) is 24.5 Å². The third-order valence-corrected chi connectivity index (χ3v) is 6.27. The molecule has 25 heavy (non-hydrogen) atoms. The van der Waals surface area contributed by atoms with Gasteiger partial charge in [0.15, 0.2) is 0 Å². The Morgan fingerprint density at radius 1 is 1.04 bits per heavy atom. The van der Waals surface area contributed by atoms with Gasteiger partial charge in [0.25, 0.3) is 5.91 Å². The summed E-state index contributed by atoms with van der Waals surface area (Å²) in [5.41, 5.74) is 0.984. The molecule has 2 aliphatic heterocycles. The Hall–Kier alpha value is -2.22. The second-order valence-corrected chi connectivity index (χ2v) is 7.87. The molecule has 3 fully saturated rings. The van der Waals surface area contributed by atoms with Crippen molar-refractivity contribution in [1.82, 2.24) is 19.8 Å². The van der Waals surface area contributed by atoms with Crippen LogP contribution in [-0.4, -0.2) is 63.4 Å². The van der Waals surface area contributed by atoms with Crippen LogP contribution in [0.1, 0.15) is 25.7 Å². The lowest BCUT2D eigenvalue weighted by Crippen LogP contribution is -2.47. The van der Waals surface area contributed by atoms with Crippen LogP contribution in [0.4, 0.5) is 10.6 Å². The minimum atomic E-state index is -0.0753. The number of hydrogen-bond donors (Lipinski definition) is 0. The summed E-state index contributed by atoms with van der Waals surface area (Å²) in [6.45, 7) is 1.94. The van der Waals surface area contributed by atoms with E-state index in [1.54, 1.807) is 22.6 Å². The molecule has 8 heteroatoms. The zero-order valence-electron chi connectivity index (χ0n) is 13.8. The molecule has 0 aromatic carbocycles. The molecule has 3 amide bonds. The van der Waals surface area contributed by atoms with Crippen molar-refractivity contribution in [3.8, 4) is 0 Å². The number of urea groups is 1. The Morgan fingerprint density at radius 2 is 1.84 bits per heavy atom. The van der Waals surface area contributed by atoms with E-state index in [4.69, 9.17) is 0 Å². The number of amides is 3. The van der Waals surface area contributed by atoms with Crippen LogP contribution in [-0.2, 0) is 4.79 Å². The summed E-state index contributed by atoms with van der Waals surface area (Å²) in [6, 6.07) is 2.25. The highest BCUT2D eigenvalue weighted by molar-refractivity contribution is 7.17. The van der Waals surface area contributed by atoms with Crippen LogP contribution in [0.25, 0.3) is 10.2 Å². The fourth-order valence-electron chi connectivity index (χ4n) is 3.90. The van der Waals surface area contributed by atoms with E-state index in [0.717, 1.165) is 54.8 Å². The predicted molar refractivity (Wildman–Crippen MR) is 94.6 cm³/mol. The highest BCUT2D eigenvalue weighted by Gasteiger charge is 2.47. The Labute approximate surface area is 149 Å². The van der Waals surface area contributed by atoms with Crippen LogP contribution in [0, 0.1) is 0 Å². The molecule has 2 aromatic heterocycles. The first-order valence-corrected chi connectivity index (χ1v) is 9.66. The van der Waals surface area contributed by atoms with Crippen molar-refractivity contribution in [3.05, 3.63) is 17.8 Å². The van der Waals surface area contributed by atoms with E-state index in [0.29, 0.717) is 0 Å². The number of thiophene rings is 1. The standard InChI is InChI=1S/C17H19N5O2S/c23-14-9-21(17(24)22(14)12-1-2-12)11-3-6-20(7-4-11)16-15-13(5-8-25-15)18-10-19-16/h5,8,10-12H,1-4,6-7,9H2. The average Bonchev–Trinajstić information content (AvgIpc) is 3.25. The van der Waals surface area contributed by atoms with Crippen molar-refractivity contribution in [2.24, 2.45) is 0 Å². The molecular formula is C17H19N5O2S. The second kappa shape index (κ2) is 5.66. The maximum absolute atomic E-state index is 12.6. The number of anilines is 1. The Kier molecular flexibility index (Phi) is 3.41. The SMILES string of the molecule is O=C1CN(C2CCN(c3ncnc4ccsc34)CC2)C(=O)N1C1CC1. The zero-order valence-corrected chi connectivity index (χ0v) is 14.6. The van der Waals surface area contributed by atoms with Gasteiger partial charge in [-0.15, -0.1) is 11.3 Å². The maximum atomic E-state index is 12.6. The first kappa shape index (κ1) is 15.1. The molecule has 1 aliphatic carbocycles. The molecular weight excluding hydrogens is 338 g/mol. The van der Waals surface area contributed by atoms with Gasteiger partial charge in [-0.05, 0) is 37.1 Å². The van der Waals surface area contributed by atoms with E-state index in [2.05, 4.69) is 14.9 Å². The Balaban J connectivity index is 1.29. The zero-order chi connectivity index (χ0) is 17.0. The van der Waals surface area contributed by atoms with E-state index in [1.165, 1.54) is 4.90 Å². The largest absolute Gasteiger partial charge is 0.355 e. The number of piperidine rings is 1. The van der Waals surface area contributed by atoms with Crippen molar-refractivity contribution in [1.29, 1.82) is 0 Å². The van der Waals surface area contributed by atoms with E-state index >= 15 is 0 Å². The van der Waals surface area contributed by atoms with Crippen LogP contribution in [0.15, 0.2) is 17.8 Å². The molecule has 0 N–H and O–H groups in total. The quantitative estimate of drug-likeness (QED) is 0.787. The highest BCUT2D eigenvalue weighted by Crippen LogP contribution is 2.34. The average molecular weight is 357 g/mol. The van der Waals surface area contributed by atoms with Gasteiger partial charge in [-0.2, -0.15) is 0 Å². The summed E-state index contributed by atoms with van der Waals surface area (Å²) in [7, 11) is 0. The normalized spacial score (nSPS) is 22.5. The highest BCUT2D eigenvalue weighted by atomic mass is 32.1. The van der Waals surface area contributed by atoms with Gasteiger partial charge in [0, 0.05) is 25.2 Å². The Bertz CT molecular complexity index is 840. The smallest absolute Gasteiger partial charge is 0.327 e. The van der Waals surface area contributed by atoms with Gasteiger partial charge in [0.2, 0.25) is 0 Å². The minimum Gasteiger partial charge on any atom is -0.355 e. The van der Waals surface area contributed by atoms with Crippen LogP contribution in [0.2, 0.25) is 0 Å². The van der Waals surface area contributed by atoms with Crippen molar-refractivity contribution in [2.45, 2.75) is 37.8 Å². The van der Waals surface area contributed by atoms with Crippen LogP contribution < -0.4 is 4.90 Å². The van der Waals surface area contributed by atoms with Crippen LogP contribution >= 0.6 is 11.3 Å². The number of imide groups is 1. The predicted octanol–water partition coefficient (Wildman–Crippen LogP) is 2.09. The number of carbonyl (C=O) groups excluding carboxylic acids is 2. The third-order valence-electron chi connectivity index (χ3n) is 5.37. The summed E-state index contributed by atoms with van der Waals surface area (Å²) < 4.78 is 1.12. The van der Waals surface area contributed by atoms with Gasteiger partial charge >= 0.3 is 6.03 Å². The molecule has 3 aliphatic rings. The lowest BCUT2D eigenvalue weighted by molar-refractivity contribution is -0.125. The molecule has 0 radical (unpaired) electrons. The molecule has 2 saturated heterocycles. The van der Waals surface area contributed by atoms with Gasteiger partial charge in [0.1, 0.15) is 18.7 Å². The summed E-state index contributed by atoms with van der Waals surface area (Å²) in [5, 5.41) is 2.04. The van der Waals surface area contributed by atoms with Gasteiger partial charge in [0.05, 0.1) is 10.2 Å². The number of aromatic nitrogens is 2. The van der Waals surface area contributed by atoms with Crippen molar-refractivity contribution in [3.63, 3.8) is 0 Å². The maximum Gasteiger partial charge on any atom is 0.327 e. The van der Waals surface area contributed by atoms with E-state index in [9.17, 15) is 9.59 Å². The topological polar surface area (TPSA) is 69.6 Å². The number of hydrogen-bond acceptors (Lipinski definition) is 6. The van der Waals surface area contributed by atoms with Crippen LogP contribution in [0.3, 0.4) is 0 Å². The van der Waals surface area contributed by atoms with Gasteiger partial charge < -0.3 is 9.80 Å². The molecule has 0 bridgehead atoms. The monoisotopic (exact) mass is 357 g/mol. The fraction of sp³-hybridized carbons (Fsp3) is 0.529. The molecule has 5 rings (SSSR count). The third kappa shape index (κ3) is 2.47. The molecule has 0 atom stereocenters. The van der Waals surface area contributed by atoms with E-state index < -0.39 is 0 Å². The summed E-state index contributed by atoms with van der Waals surface area (Å²) in [6.07, 6.45) is 5.29. The van der Waals surface area contributed by atoms with Crippen molar-refractivity contribution < 1.29 is 9.59 Å². The lowest BCUT2D eigenvalue weighted by Gasteiger charge is -2.36. The molecule has 1 saturated carbocycles. The summed E-state index contributed by atoms with van der Waals surface area (Å²) in [4.78, 5) is 39.1. The van der Waals surface area contributed by atoms with Crippen molar-refractivity contribution >= 4 is 39.3 Å². The second-order valence-electron chi connectivity index (χ2n) is 6.96. The summed E-state index contributed by atoms with van der Waals surface area (Å²) >= 11 is 1.66. The molecule has 2 aromatic rings. The first-order chi connectivity index (χ1) is 12.2. The van der Waals surface area contributed by atoms with Gasteiger partial charge in [-0.3, -0.25) is 9.69 Å².